The summed E-state index contributed by atoms with van der Waals surface area (Å²) in [5.41, 5.74) is 2.94. The number of halogens is 1. The van der Waals surface area contributed by atoms with Crippen LogP contribution in [0.25, 0.3) is 0 Å². The van der Waals surface area contributed by atoms with Gasteiger partial charge in [0.15, 0.2) is 11.5 Å². The maximum Gasteiger partial charge on any atom is 0.243 e. The molecule has 2 amide bonds. The van der Waals surface area contributed by atoms with Gasteiger partial charge < -0.3 is 19.7 Å². The van der Waals surface area contributed by atoms with Crippen molar-refractivity contribution >= 4 is 27.7 Å². The van der Waals surface area contributed by atoms with Gasteiger partial charge >= 0.3 is 0 Å². The molecule has 0 aliphatic heterocycles. The van der Waals surface area contributed by atoms with E-state index in [1.165, 1.54) is 0 Å². The first-order valence-electron chi connectivity index (χ1n) is 13.7. The highest BCUT2D eigenvalue weighted by atomic mass is 79.9. The van der Waals surface area contributed by atoms with Crippen LogP contribution in [0.2, 0.25) is 0 Å². The fourth-order valence-electron chi connectivity index (χ4n) is 4.40. The van der Waals surface area contributed by atoms with Crippen LogP contribution in [-0.2, 0) is 29.0 Å². The minimum absolute atomic E-state index is 0.0746. The predicted octanol–water partition coefficient (Wildman–Crippen LogP) is 6.35. The second-order valence-corrected chi connectivity index (χ2v) is 10.2. The SMILES string of the molecule is CCCNC(=O)C(Cc1ccccc1)N(Cc1cccc(Br)c1)C(=O)CCc1ccc(OCC)c(OCC)c1. The van der Waals surface area contributed by atoms with Gasteiger partial charge in [0.2, 0.25) is 11.8 Å². The third-order valence-corrected chi connectivity index (χ3v) is 6.79. The number of hydrogen-bond acceptors (Lipinski definition) is 4. The zero-order valence-electron chi connectivity index (χ0n) is 23.1. The van der Waals surface area contributed by atoms with Gasteiger partial charge in [0.1, 0.15) is 6.04 Å². The van der Waals surface area contributed by atoms with Gasteiger partial charge in [0.05, 0.1) is 13.2 Å². The Morgan fingerprint density at radius 3 is 2.26 bits per heavy atom. The van der Waals surface area contributed by atoms with Crippen molar-refractivity contribution in [2.24, 2.45) is 0 Å². The Bertz CT molecular complexity index is 1200. The summed E-state index contributed by atoms with van der Waals surface area (Å²) in [6.07, 6.45) is 2.05. The molecule has 0 aromatic heterocycles. The van der Waals surface area contributed by atoms with Crippen molar-refractivity contribution in [3.63, 3.8) is 0 Å². The first kappa shape index (κ1) is 30.2. The van der Waals surface area contributed by atoms with Gasteiger partial charge in [-0.1, -0.05) is 71.4 Å². The average molecular weight is 596 g/mol. The van der Waals surface area contributed by atoms with E-state index < -0.39 is 6.04 Å². The number of benzene rings is 3. The lowest BCUT2D eigenvalue weighted by Crippen LogP contribution is -2.50. The first-order chi connectivity index (χ1) is 18.9. The van der Waals surface area contributed by atoms with Crippen LogP contribution in [0, 0.1) is 0 Å². The van der Waals surface area contributed by atoms with E-state index in [1.807, 2.05) is 93.6 Å². The van der Waals surface area contributed by atoms with E-state index in [1.54, 1.807) is 4.90 Å². The maximum atomic E-state index is 13.9. The summed E-state index contributed by atoms with van der Waals surface area (Å²) in [5, 5.41) is 3.03. The van der Waals surface area contributed by atoms with E-state index in [4.69, 9.17) is 9.47 Å². The van der Waals surface area contributed by atoms with E-state index >= 15 is 0 Å². The monoisotopic (exact) mass is 594 g/mol. The fourth-order valence-corrected chi connectivity index (χ4v) is 4.84. The molecule has 0 spiro atoms. The second-order valence-electron chi connectivity index (χ2n) is 9.30. The Balaban J connectivity index is 1.88. The van der Waals surface area contributed by atoms with E-state index in [0.717, 1.165) is 27.6 Å². The molecule has 0 fully saturated rings. The highest BCUT2D eigenvalue weighted by Crippen LogP contribution is 2.29. The number of carbonyl (C=O) groups is 2. The molecule has 39 heavy (non-hydrogen) atoms. The van der Waals surface area contributed by atoms with E-state index in [-0.39, 0.29) is 18.2 Å². The molecule has 1 N–H and O–H groups in total. The predicted molar refractivity (Wildman–Crippen MR) is 159 cm³/mol. The molecule has 0 radical (unpaired) electrons. The smallest absolute Gasteiger partial charge is 0.243 e. The molecular weight excluding hydrogens is 556 g/mol. The Labute approximate surface area is 240 Å². The molecule has 1 unspecified atom stereocenters. The molecule has 0 saturated heterocycles. The molecule has 0 aliphatic rings. The molecule has 3 rings (SSSR count). The van der Waals surface area contributed by atoms with Gasteiger partial charge in [0, 0.05) is 30.4 Å². The topological polar surface area (TPSA) is 67.9 Å². The highest BCUT2D eigenvalue weighted by molar-refractivity contribution is 9.10. The zero-order chi connectivity index (χ0) is 28.0. The lowest BCUT2D eigenvalue weighted by Gasteiger charge is -2.32. The number of rotatable bonds is 15. The summed E-state index contributed by atoms with van der Waals surface area (Å²) >= 11 is 3.54. The molecule has 0 heterocycles. The molecular formula is C32H39BrN2O4. The second kappa shape index (κ2) is 15.9. The molecule has 0 aliphatic carbocycles. The van der Waals surface area contributed by atoms with Crippen LogP contribution < -0.4 is 14.8 Å². The number of hydrogen-bond donors (Lipinski definition) is 1. The Morgan fingerprint density at radius 1 is 0.846 bits per heavy atom. The number of nitrogens with zero attached hydrogens (tertiary/aromatic N) is 1. The molecule has 0 bridgehead atoms. The van der Waals surface area contributed by atoms with Crippen LogP contribution in [-0.4, -0.2) is 42.5 Å². The van der Waals surface area contributed by atoms with Crippen molar-refractivity contribution in [3.8, 4) is 11.5 Å². The third kappa shape index (κ3) is 9.43. The van der Waals surface area contributed by atoms with Gasteiger partial charge in [-0.25, -0.2) is 0 Å². The number of amides is 2. The molecule has 6 nitrogen and oxygen atoms in total. The van der Waals surface area contributed by atoms with Crippen molar-refractivity contribution in [1.82, 2.24) is 10.2 Å². The van der Waals surface area contributed by atoms with Crippen molar-refractivity contribution < 1.29 is 19.1 Å². The van der Waals surface area contributed by atoms with Crippen LogP contribution in [0.1, 0.15) is 50.3 Å². The van der Waals surface area contributed by atoms with Crippen molar-refractivity contribution in [2.45, 2.75) is 59.0 Å². The van der Waals surface area contributed by atoms with Crippen molar-refractivity contribution in [3.05, 3.63) is 94.0 Å². The summed E-state index contributed by atoms with van der Waals surface area (Å²) in [4.78, 5) is 29.1. The third-order valence-electron chi connectivity index (χ3n) is 6.30. The lowest BCUT2D eigenvalue weighted by atomic mass is 10.0. The van der Waals surface area contributed by atoms with Crippen molar-refractivity contribution in [1.29, 1.82) is 0 Å². The zero-order valence-corrected chi connectivity index (χ0v) is 24.7. The number of nitrogens with one attached hydrogen (secondary N) is 1. The van der Waals surface area contributed by atoms with E-state index in [2.05, 4.69) is 21.2 Å². The summed E-state index contributed by atoms with van der Waals surface area (Å²) in [5.74, 6) is 1.16. The summed E-state index contributed by atoms with van der Waals surface area (Å²) in [6, 6.07) is 22.9. The molecule has 0 saturated carbocycles. The summed E-state index contributed by atoms with van der Waals surface area (Å²) < 4.78 is 12.4. The maximum absolute atomic E-state index is 13.9. The number of ether oxygens (including phenoxy) is 2. The summed E-state index contributed by atoms with van der Waals surface area (Å²) in [7, 11) is 0. The first-order valence-corrected chi connectivity index (χ1v) is 14.5. The standard InChI is InChI=1S/C32H39BrN2O4/c1-4-19-34-32(37)28(21-24-11-8-7-9-12-24)35(23-26-13-10-14-27(33)20-26)31(36)18-16-25-15-17-29(38-5-2)30(22-25)39-6-3/h7-15,17,20,22,28H,4-6,16,18-19,21,23H2,1-3H3,(H,34,37). The summed E-state index contributed by atoms with van der Waals surface area (Å²) in [6.45, 7) is 7.86. The van der Waals surface area contributed by atoms with Gasteiger partial charge in [-0.05, 0) is 67.6 Å². The fraction of sp³-hybridized carbons (Fsp3) is 0.375. The van der Waals surface area contributed by atoms with Gasteiger partial charge in [-0.2, -0.15) is 0 Å². The Hall–Kier alpha value is -3.32. The molecule has 3 aromatic rings. The number of aryl methyl sites for hydroxylation is 1. The lowest BCUT2D eigenvalue weighted by molar-refractivity contribution is -0.141. The largest absolute Gasteiger partial charge is 0.490 e. The van der Waals surface area contributed by atoms with Crippen molar-refractivity contribution in [2.75, 3.05) is 19.8 Å². The van der Waals surface area contributed by atoms with Crippen LogP contribution in [0.5, 0.6) is 11.5 Å². The Morgan fingerprint density at radius 2 is 1.56 bits per heavy atom. The molecule has 208 valence electrons. The highest BCUT2D eigenvalue weighted by Gasteiger charge is 2.30. The van der Waals surface area contributed by atoms with Gasteiger partial charge in [-0.15, -0.1) is 0 Å². The van der Waals surface area contributed by atoms with E-state index in [0.29, 0.717) is 50.6 Å². The molecule has 7 heteroatoms. The normalized spacial score (nSPS) is 11.5. The Kier molecular flexibility index (Phi) is 12.4. The molecule has 1 atom stereocenters. The van der Waals surface area contributed by atoms with E-state index in [9.17, 15) is 9.59 Å². The van der Waals surface area contributed by atoms with Gasteiger partial charge in [0.25, 0.3) is 0 Å². The minimum atomic E-state index is -0.634. The minimum Gasteiger partial charge on any atom is -0.490 e. The number of carbonyl (C=O) groups excluding carboxylic acids is 2. The van der Waals surface area contributed by atoms with Crippen LogP contribution in [0.15, 0.2) is 77.3 Å². The molecule has 3 aromatic carbocycles. The quantitative estimate of drug-likeness (QED) is 0.223. The van der Waals surface area contributed by atoms with Crippen LogP contribution in [0.4, 0.5) is 0 Å². The van der Waals surface area contributed by atoms with Crippen LogP contribution >= 0.6 is 15.9 Å². The average Bonchev–Trinajstić information content (AvgIpc) is 2.94. The van der Waals surface area contributed by atoms with Gasteiger partial charge in [-0.3, -0.25) is 9.59 Å². The van der Waals surface area contributed by atoms with Crippen LogP contribution in [0.3, 0.4) is 0 Å².